The third-order valence-electron chi connectivity index (χ3n) is 4.01. The number of carboxylic acids is 1. The summed E-state index contributed by atoms with van der Waals surface area (Å²) in [7, 11) is 0. The van der Waals surface area contributed by atoms with Crippen LogP contribution in [0.3, 0.4) is 0 Å². The van der Waals surface area contributed by atoms with E-state index in [1.165, 1.54) is 0 Å². The van der Waals surface area contributed by atoms with E-state index in [0.717, 1.165) is 11.3 Å². The Morgan fingerprint density at radius 2 is 2.14 bits per heavy atom. The summed E-state index contributed by atoms with van der Waals surface area (Å²) >= 11 is 0. The Morgan fingerprint density at radius 3 is 2.77 bits per heavy atom. The van der Waals surface area contributed by atoms with Gasteiger partial charge < -0.3 is 20.1 Å². The number of urea groups is 1. The van der Waals surface area contributed by atoms with E-state index in [-0.39, 0.29) is 12.6 Å². The molecule has 120 valence electrons. The molecule has 1 heterocycles. The first-order valence-corrected chi connectivity index (χ1v) is 7.37. The lowest BCUT2D eigenvalue weighted by Crippen LogP contribution is -2.42. The van der Waals surface area contributed by atoms with Gasteiger partial charge in [0.25, 0.3) is 0 Å². The maximum atomic E-state index is 12.0. The number of para-hydroxylation sites is 1. The van der Waals surface area contributed by atoms with E-state index in [9.17, 15) is 9.59 Å². The predicted molar refractivity (Wildman–Crippen MR) is 82.0 cm³/mol. The summed E-state index contributed by atoms with van der Waals surface area (Å²) < 4.78 is 5.60. The van der Waals surface area contributed by atoms with Gasteiger partial charge in [0.05, 0.1) is 12.0 Å². The molecule has 2 N–H and O–H groups in total. The standard InChI is InChI=1S/C16H22N2O4/c1-12-5-3-4-6-13(12)22-10-8-17-15(21)18-9-7-16(2,11-18)14(19)20/h3-6H,7-11H2,1-2H3,(H,17,21)(H,19,20). The normalized spacial score (nSPS) is 20.7. The third-order valence-corrected chi connectivity index (χ3v) is 4.01. The number of rotatable bonds is 5. The van der Waals surface area contributed by atoms with Gasteiger partial charge in [0.1, 0.15) is 12.4 Å². The van der Waals surface area contributed by atoms with Crippen molar-refractivity contribution in [2.75, 3.05) is 26.2 Å². The number of benzene rings is 1. The van der Waals surface area contributed by atoms with Crippen LogP contribution in [0.15, 0.2) is 24.3 Å². The number of carbonyl (C=O) groups is 2. The minimum absolute atomic E-state index is 0.238. The van der Waals surface area contributed by atoms with Gasteiger partial charge in [-0.2, -0.15) is 0 Å². The van der Waals surface area contributed by atoms with Crippen LogP contribution in [0.4, 0.5) is 4.79 Å². The van der Waals surface area contributed by atoms with E-state index < -0.39 is 11.4 Å². The first kappa shape index (κ1) is 16.1. The Kier molecular flexibility index (Phi) is 4.90. The highest BCUT2D eigenvalue weighted by atomic mass is 16.5. The molecule has 6 nitrogen and oxygen atoms in total. The molecule has 1 aromatic carbocycles. The lowest BCUT2D eigenvalue weighted by atomic mass is 9.90. The van der Waals surface area contributed by atoms with Gasteiger partial charge in [0.15, 0.2) is 0 Å². The number of nitrogens with one attached hydrogen (secondary N) is 1. The maximum Gasteiger partial charge on any atom is 0.317 e. The zero-order valence-corrected chi connectivity index (χ0v) is 13.0. The van der Waals surface area contributed by atoms with E-state index in [1.807, 2.05) is 31.2 Å². The Balaban J connectivity index is 1.73. The summed E-state index contributed by atoms with van der Waals surface area (Å²) in [6, 6.07) is 7.45. The van der Waals surface area contributed by atoms with Crippen molar-refractivity contribution in [2.45, 2.75) is 20.3 Å². The van der Waals surface area contributed by atoms with Gasteiger partial charge in [0.2, 0.25) is 0 Å². The highest BCUT2D eigenvalue weighted by Gasteiger charge is 2.42. The van der Waals surface area contributed by atoms with E-state index in [1.54, 1.807) is 11.8 Å². The monoisotopic (exact) mass is 306 g/mol. The number of hydrogen-bond acceptors (Lipinski definition) is 3. The van der Waals surface area contributed by atoms with Crippen LogP contribution in [0.2, 0.25) is 0 Å². The van der Waals surface area contributed by atoms with Gasteiger partial charge in [-0.1, -0.05) is 18.2 Å². The molecular formula is C16H22N2O4. The summed E-state index contributed by atoms with van der Waals surface area (Å²) in [5.74, 6) is -0.0536. The lowest BCUT2D eigenvalue weighted by molar-refractivity contribution is -0.147. The van der Waals surface area contributed by atoms with Crippen LogP contribution in [0.1, 0.15) is 18.9 Å². The number of aryl methyl sites for hydroxylation is 1. The fourth-order valence-electron chi connectivity index (χ4n) is 2.46. The molecule has 6 heteroatoms. The molecule has 1 unspecified atom stereocenters. The third kappa shape index (κ3) is 3.69. The van der Waals surface area contributed by atoms with E-state index in [2.05, 4.69) is 5.32 Å². The van der Waals surface area contributed by atoms with Crippen molar-refractivity contribution >= 4 is 12.0 Å². The number of hydrogen-bond donors (Lipinski definition) is 2. The molecule has 2 amide bonds. The topological polar surface area (TPSA) is 78.9 Å². The molecule has 1 aliphatic heterocycles. The van der Waals surface area contributed by atoms with Gasteiger partial charge >= 0.3 is 12.0 Å². The number of carboxylic acid groups (broad SMARTS) is 1. The Morgan fingerprint density at radius 1 is 1.41 bits per heavy atom. The average molecular weight is 306 g/mol. The number of ether oxygens (including phenoxy) is 1. The fourth-order valence-corrected chi connectivity index (χ4v) is 2.46. The number of likely N-dealkylation sites (tertiary alicyclic amines) is 1. The number of carbonyl (C=O) groups excluding carboxylic acids is 1. The highest BCUT2D eigenvalue weighted by molar-refractivity contribution is 5.79. The molecule has 0 saturated carbocycles. The molecule has 22 heavy (non-hydrogen) atoms. The minimum Gasteiger partial charge on any atom is -0.491 e. The smallest absolute Gasteiger partial charge is 0.317 e. The lowest BCUT2D eigenvalue weighted by Gasteiger charge is -2.20. The van der Waals surface area contributed by atoms with Crippen LogP contribution in [-0.2, 0) is 4.79 Å². The van der Waals surface area contributed by atoms with Crippen LogP contribution in [0.25, 0.3) is 0 Å². The Labute approximate surface area is 130 Å². The number of amides is 2. The molecule has 2 rings (SSSR count). The second-order valence-electron chi connectivity index (χ2n) is 5.88. The molecule has 0 aromatic heterocycles. The van der Waals surface area contributed by atoms with Crippen LogP contribution in [-0.4, -0.2) is 48.2 Å². The van der Waals surface area contributed by atoms with Gasteiger partial charge in [-0.25, -0.2) is 4.79 Å². The second kappa shape index (κ2) is 6.68. The first-order valence-electron chi connectivity index (χ1n) is 7.37. The second-order valence-corrected chi connectivity index (χ2v) is 5.88. The van der Waals surface area contributed by atoms with E-state index >= 15 is 0 Å². The van der Waals surface area contributed by atoms with Crippen molar-refractivity contribution < 1.29 is 19.4 Å². The molecule has 0 radical (unpaired) electrons. The minimum atomic E-state index is -0.856. The first-order chi connectivity index (χ1) is 10.4. The van der Waals surface area contributed by atoms with Crippen molar-refractivity contribution in [3.8, 4) is 5.75 Å². The summed E-state index contributed by atoms with van der Waals surface area (Å²) in [5.41, 5.74) is 0.209. The van der Waals surface area contributed by atoms with Crippen molar-refractivity contribution in [3.05, 3.63) is 29.8 Å². The summed E-state index contributed by atoms with van der Waals surface area (Å²) in [6.07, 6.45) is 0.482. The molecule has 1 atom stereocenters. The van der Waals surface area contributed by atoms with Crippen LogP contribution >= 0.6 is 0 Å². The predicted octanol–water partition coefficient (Wildman–Crippen LogP) is 1.88. The average Bonchev–Trinajstić information content (AvgIpc) is 2.89. The van der Waals surface area contributed by atoms with Crippen LogP contribution in [0, 0.1) is 12.3 Å². The molecule has 0 bridgehead atoms. The summed E-state index contributed by atoms with van der Waals surface area (Å²) in [6.45, 7) is 5.10. The van der Waals surface area contributed by atoms with Crippen molar-refractivity contribution in [3.63, 3.8) is 0 Å². The van der Waals surface area contributed by atoms with E-state index in [0.29, 0.717) is 26.1 Å². The quantitative estimate of drug-likeness (QED) is 0.814. The Hall–Kier alpha value is -2.24. The van der Waals surface area contributed by atoms with Gasteiger partial charge in [0, 0.05) is 13.1 Å². The molecule has 1 fully saturated rings. The zero-order valence-electron chi connectivity index (χ0n) is 13.0. The number of aliphatic carboxylic acids is 1. The van der Waals surface area contributed by atoms with Crippen LogP contribution < -0.4 is 10.1 Å². The number of nitrogens with zero attached hydrogens (tertiary/aromatic N) is 1. The summed E-state index contributed by atoms with van der Waals surface area (Å²) in [4.78, 5) is 24.7. The zero-order chi connectivity index (χ0) is 16.2. The SMILES string of the molecule is Cc1ccccc1OCCNC(=O)N1CCC(C)(C(=O)O)C1. The highest BCUT2D eigenvalue weighted by Crippen LogP contribution is 2.29. The molecule has 0 spiro atoms. The largest absolute Gasteiger partial charge is 0.491 e. The molecular weight excluding hydrogens is 284 g/mol. The fraction of sp³-hybridized carbons (Fsp3) is 0.500. The molecule has 1 aliphatic rings. The Bertz CT molecular complexity index is 561. The van der Waals surface area contributed by atoms with Gasteiger partial charge in [-0.15, -0.1) is 0 Å². The molecule has 1 aromatic rings. The maximum absolute atomic E-state index is 12.0. The van der Waals surface area contributed by atoms with Crippen molar-refractivity contribution in [1.29, 1.82) is 0 Å². The van der Waals surface area contributed by atoms with Crippen molar-refractivity contribution in [2.24, 2.45) is 5.41 Å². The van der Waals surface area contributed by atoms with Gasteiger partial charge in [-0.3, -0.25) is 4.79 Å². The summed E-state index contributed by atoms with van der Waals surface area (Å²) in [5, 5.41) is 11.9. The van der Waals surface area contributed by atoms with E-state index in [4.69, 9.17) is 9.84 Å². The van der Waals surface area contributed by atoms with Gasteiger partial charge in [-0.05, 0) is 31.9 Å². The molecule has 0 aliphatic carbocycles. The van der Waals surface area contributed by atoms with Crippen LogP contribution in [0.5, 0.6) is 5.75 Å². The van der Waals surface area contributed by atoms with Crippen molar-refractivity contribution in [1.82, 2.24) is 10.2 Å². The molecule has 1 saturated heterocycles.